The number of benzene rings is 2. The summed E-state index contributed by atoms with van der Waals surface area (Å²) in [6, 6.07) is 19.3. The highest BCUT2D eigenvalue weighted by Gasteiger charge is 2.31. The van der Waals surface area contributed by atoms with E-state index in [2.05, 4.69) is 5.32 Å². The van der Waals surface area contributed by atoms with E-state index >= 15 is 0 Å². The number of aliphatic hydroxyl groups is 1. The highest BCUT2D eigenvalue weighted by Crippen LogP contribution is 2.27. The van der Waals surface area contributed by atoms with Crippen LogP contribution < -0.4 is 10.2 Å². The molecule has 1 aliphatic heterocycles. The van der Waals surface area contributed by atoms with Crippen LogP contribution in [0.3, 0.4) is 0 Å². The van der Waals surface area contributed by atoms with E-state index in [1.54, 1.807) is 4.90 Å². The third-order valence-electron chi connectivity index (χ3n) is 4.28. The van der Waals surface area contributed by atoms with Gasteiger partial charge in [-0.3, -0.25) is 4.90 Å². The van der Waals surface area contributed by atoms with Crippen molar-refractivity contribution in [3.05, 3.63) is 60.7 Å². The molecule has 0 bridgehead atoms. The third-order valence-corrected chi connectivity index (χ3v) is 4.28. The Balaban J connectivity index is 1.94. The fourth-order valence-corrected chi connectivity index (χ4v) is 3.07. The zero-order chi connectivity index (χ0) is 16.8. The summed E-state index contributed by atoms with van der Waals surface area (Å²) >= 11 is 0. The zero-order valence-corrected chi connectivity index (χ0v) is 13.6. The minimum Gasteiger partial charge on any atom is -0.396 e. The summed E-state index contributed by atoms with van der Waals surface area (Å²) in [7, 11) is 0. The van der Waals surface area contributed by atoms with Gasteiger partial charge in [0.15, 0.2) is 0 Å². The van der Waals surface area contributed by atoms with Gasteiger partial charge in [0, 0.05) is 32.3 Å². The molecular formula is C19H23N3O2. The smallest absolute Gasteiger partial charge is 0.329 e. The molecule has 0 saturated carbocycles. The second kappa shape index (κ2) is 7.95. The number of hydrogen-bond acceptors (Lipinski definition) is 3. The number of anilines is 2. The van der Waals surface area contributed by atoms with Gasteiger partial charge in [0.25, 0.3) is 0 Å². The standard InChI is InChI=1S/C19H23N3O2/c23-14-11-18-15-20-12-13-21(18)19(24)22(16-7-3-1-4-8-16)17-9-5-2-6-10-17/h1-10,18,20,23H,11-15H2/t18-/m0/s1. The van der Waals surface area contributed by atoms with Gasteiger partial charge >= 0.3 is 6.03 Å². The van der Waals surface area contributed by atoms with Crippen LogP contribution in [0.1, 0.15) is 6.42 Å². The molecule has 126 valence electrons. The Bertz CT molecular complexity index is 607. The molecule has 1 saturated heterocycles. The quantitative estimate of drug-likeness (QED) is 0.908. The van der Waals surface area contributed by atoms with Crippen molar-refractivity contribution in [2.24, 2.45) is 0 Å². The predicted octanol–water partition coefficient (Wildman–Crippen LogP) is 2.60. The molecule has 5 heteroatoms. The summed E-state index contributed by atoms with van der Waals surface area (Å²) < 4.78 is 0. The monoisotopic (exact) mass is 325 g/mol. The Hall–Kier alpha value is -2.37. The minimum absolute atomic E-state index is 0.00572. The van der Waals surface area contributed by atoms with Crippen molar-refractivity contribution < 1.29 is 9.90 Å². The van der Waals surface area contributed by atoms with Crippen LogP contribution in [0.4, 0.5) is 16.2 Å². The van der Waals surface area contributed by atoms with Crippen molar-refractivity contribution in [3.63, 3.8) is 0 Å². The first-order chi connectivity index (χ1) is 11.8. The number of carbonyl (C=O) groups excluding carboxylic acids is 1. The summed E-state index contributed by atoms with van der Waals surface area (Å²) in [5.74, 6) is 0. The Morgan fingerprint density at radius 3 is 2.21 bits per heavy atom. The van der Waals surface area contributed by atoms with Gasteiger partial charge in [-0.1, -0.05) is 36.4 Å². The molecule has 2 N–H and O–H groups in total. The second-order valence-electron chi connectivity index (χ2n) is 5.85. The molecule has 0 radical (unpaired) electrons. The molecule has 0 aromatic heterocycles. The van der Waals surface area contributed by atoms with E-state index in [1.807, 2.05) is 65.6 Å². The van der Waals surface area contributed by atoms with E-state index in [-0.39, 0.29) is 18.7 Å². The van der Waals surface area contributed by atoms with Crippen molar-refractivity contribution in [1.82, 2.24) is 10.2 Å². The maximum atomic E-state index is 13.3. The third kappa shape index (κ3) is 3.58. The number of carbonyl (C=O) groups is 1. The van der Waals surface area contributed by atoms with Gasteiger partial charge in [-0.2, -0.15) is 0 Å². The topological polar surface area (TPSA) is 55.8 Å². The summed E-state index contributed by atoms with van der Waals surface area (Å²) in [4.78, 5) is 16.9. The van der Waals surface area contributed by atoms with E-state index < -0.39 is 0 Å². The molecule has 3 rings (SSSR count). The van der Waals surface area contributed by atoms with Gasteiger partial charge in [-0.15, -0.1) is 0 Å². The molecular weight excluding hydrogens is 302 g/mol. The van der Waals surface area contributed by atoms with Crippen molar-refractivity contribution >= 4 is 17.4 Å². The van der Waals surface area contributed by atoms with E-state index in [9.17, 15) is 9.90 Å². The molecule has 0 aliphatic carbocycles. The number of rotatable bonds is 4. The summed E-state index contributed by atoms with van der Waals surface area (Å²) in [6.45, 7) is 2.20. The molecule has 5 nitrogen and oxygen atoms in total. The van der Waals surface area contributed by atoms with Gasteiger partial charge in [-0.05, 0) is 30.7 Å². The first-order valence-corrected chi connectivity index (χ1v) is 8.33. The molecule has 1 atom stereocenters. The Labute approximate surface area is 142 Å². The Morgan fingerprint density at radius 1 is 1.08 bits per heavy atom. The van der Waals surface area contributed by atoms with Crippen LogP contribution in [-0.4, -0.2) is 48.3 Å². The number of para-hydroxylation sites is 2. The first kappa shape index (κ1) is 16.5. The normalized spacial score (nSPS) is 17.5. The molecule has 0 spiro atoms. The molecule has 1 fully saturated rings. The van der Waals surface area contributed by atoms with E-state index in [4.69, 9.17) is 0 Å². The van der Waals surface area contributed by atoms with E-state index in [1.165, 1.54) is 0 Å². The van der Waals surface area contributed by atoms with Gasteiger partial charge in [0.2, 0.25) is 0 Å². The van der Waals surface area contributed by atoms with Crippen molar-refractivity contribution in [3.8, 4) is 0 Å². The number of piperazine rings is 1. The molecule has 0 unspecified atom stereocenters. The summed E-state index contributed by atoms with van der Waals surface area (Å²) in [5.41, 5.74) is 1.69. The van der Waals surface area contributed by atoms with E-state index in [0.29, 0.717) is 19.5 Å². The first-order valence-electron chi connectivity index (χ1n) is 8.33. The fraction of sp³-hybridized carbons (Fsp3) is 0.316. The van der Waals surface area contributed by atoms with Crippen LogP contribution in [0.25, 0.3) is 0 Å². The van der Waals surface area contributed by atoms with Crippen LogP contribution in [0.15, 0.2) is 60.7 Å². The number of urea groups is 1. The lowest BCUT2D eigenvalue weighted by Crippen LogP contribution is -2.56. The van der Waals surface area contributed by atoms with Crippen molar-refractivity contribution in [2.75, 3.05) is 31.1 Å². The molecule has 2 amide bonds. The lowest BCUT2D eigenvalue weighted by molar-refractivity contribution is 0.146. The van der Waals surface area contributed by atoms with Gasteiger partial charge in [0.1, 0.15) is 0 Å². The number of nitrogens with zero attached hydrogens (tertiary/aromatic N) is 2. The lowest BCUT2D eigenvalue weighted by Gasteiger charge is -2.39. The minimum atomic E-state index is -0.0487. The van der Waals surface area contributed by atoms with Crippen LogP contribution in [0.5, 0.6) is 0 Å². The summed E-state index contributed by atoms with van der Waals surface area (Å²) in [5, 5.41) is 12.6. The molecule has 2 aromatic carbocycles. The molecule has 24 heavy (non-hydrogen) atoms. The second-order valence-corrected chi connectivity index (χ2v) is 5.85. The number of hydrogen-bond donors (Lipinski definition) is 2. The highest BCUT2D eigenvalue weighted by molar-refractivity contribution is 5.99. The predicted molar refractivity (Wildman–Crippen MR) is 95.5 cm³/mol. The lowest BCUT2D eigenvalue weighted by atomic mass is 10.1. The SMILES string of the molecule is O=C(N(c1ccccc1)c1ccccc1)N1CCNC[C@@H]1CCO. The maximum Gasteiger partial charge on any atom is 0.329 e. The largest absolute Gasteiger partial charge is 0.396 e. The van der Waals surface area contributed by atoms with Crippen molar-refractivity contribution in [2.45, 2.75) is 12.5 Å². The molecule has 1 aliphatic rings. The van der Waals surface area contributed by atoms with Gasteiger partial charge in [0.05, 0.1) is 11.4 Å². The molecule has 1 heterocycles. The van der Waals surface area contributed by atoms with Gasteiger partial charge in [-0.25, -0.2) is 4.79 Å². The van der Waals surface area contributed by atoms with Crippen LogP contribution in [0.2, 0.25) is 0 Å². The van der Waals surface area contributed by atoms with Gasteiger partial charge < -0.3 is 15.3 Å². The number of aliphatic hydroxyl groups excluding tert-OH is 1. The summed E-state index contributed by atoms with van der Waals surface area (Å²) in [6.07, 6.45) is 0.580. The number of amides is 2. The fourth-order valence-electron chi connectivity index (χ4n) is 3.07. The van der Waals surface area contributed by atoms with Crippen molar-refractivity contribution in [1.29, 1.82) is 0 Å². The van der Waals surface area contributed by atoms with Crippen LogP contribution in [0, 0.1) is 0 Å². The van der Waals surface area contributed by atoms with Crippen LogP contribution in [-0.2, 0) is 0 Å². The number of nitrogens with one attached hydrogen (secondary N) is 1. The average molecular weight is 325 g/mol. The maximum absolute atomic E-state index is 13.3. The molecule has 2 aromatic rings. The van der Waals surface area contributed by atoms with Crippen LogP contribution >= 0.6 is 0 Å². The average Bonchev–Trinajstić information content (AvgIpc) is 2.64. The van der Waals surface area contributed by atoms with E-state index in [0.717, 1.165) is 17.9 Å². The Kier molecular flexibility index (Phi) is 5.46. The highest BCUT2D eigenvalue weighted by atomic mass is 16.3. The zero-order valence-electron chi connectivity index (χ0n) is 13.6. The Morgan fingerprint density at radius 2 is 1.67 bits per heavy atom.